The summed E-state index contributed by atoms with van der Waals surface area (Å²) < 4.78 is 14.7. The molecular formula is C26H31FN8O3. The molecule has 200 valence electrons. The summed E-state index contributed by atoms with van der Waals surface area (Å²) in [6.45, 7) is 1.14. The lowest BCUT2D eigenvalue weighted by Crippen LogP contribution is -2.51. The molecule has 1 aliphatic rings. The Morgan fingerprint density at radius 2 is 1.95 bits per heavy atom. The minimum absolute atomic E-state index is 0.166. The number of amides is 4. The lowest BCUT2D eigenvalue weighted by Gasteiger charge is -2.33. The Labute approximate surface area is 219 Å². The molecule has 0 saturated carbocycles. The quantitative estimate of drug-likeness (QED) is 0.415. The fourth-order valence-corrected chi connectivity index (χ4v) is 4.63. The summed E-state index contributed by atoms with van der Waals surface area (Å²) in [5, 5.41) is 19.2. The summed E-state index contributed by atoms with van der Waals surface area (Å²) in [5.41, 5.74) is 2.20. The first-order valence-corrected chi connectivity index (χ1v) is 12.5. The Bertz CT molecular complexity index is 1280. The van der Waals surface area contributed by atoms with Crippen LogP contribution >= 0.6 is 0 Å². The second-order valence-electron chi connectivity index (χ2n) is 9.35. The van der Waals surface area contributed by atoms with Gasteiger partial charge in [0.15, 0.2) is 5.82 Å². The molecule has 0 unspecified atom stereocenters. The van der Waals surface area contributed by atoms with Gasteiger partial charge in [-0.05, 0) is 65.4 Å². The summed E-state index contributed by atoms with van der Waals surface area (Å²) in [6, 6.07) is 11.7. The van der Waals surface area contributed by atoms with Gasteiger partial charge in [-0.1, -0.05) is 24.3 Å². The lowest BCUT2D eigenvalue weighted by molar-refractivity contribution is -0.136. The largest absolute Gasteiger partial charge is 0.357 e. The van der Waals surface area contributed by atoms with Crippen LogP contribution in [0.2, 0.25) is 0 Å². The number of carbonyl (C=O) groups excluding carboxylic acids is 3. The summed E-state index contributed by atoms with van der Waals surface area (Å²) in [6.07, 6.45) is 2.38. The maximum atomic E-state index is 13.2. The van der Waals surface area contributed by atoms with E-state index in [2.05, 4.69) is 31.5 Å². The van der Waals surface area contributed by atoms with Crippen LogP contribution in [0.15, 0.2) is 48.5 Å². The first-order chi connectivity index (χ1) is 18.3. The third-order valence-corrected chi connectivity index (χ3v) is 6.56. The first kappa shape index (κ1) is 26.7. The van der Waals surface area contributed by atoms with Gasteiger partial charge >= 0.3 is 6.03 Å². The van der Waals surface area contributed by atoms with Gasteiger partial charge in [-0.2, -0.15) is 0 Å². The maximum Gasteiger partial charge on any atom is 0.319 e. The van der Waals surface area contributed by atoms with Crippen molar-refractivity contribution >= 4 is 23.5 Å². The monoisotopic (exact) mass is 522 g/mol. The molecule has 0 aliphatic carbocycles. The zero-order valence-electron chi connectivity index (χ0n) is 21.4. The number of nitrogens with one attached hydrogen (secondary N) is 3. The number of likely N-dealkylation sites (N-methyl/N-ethyl adjacent to an activating group) is 1. The molecule has 38 heavy (non-hydrogen) atoms. The topological polar surface area (TPSA) is 134 Å². The predicted molar refractivity (Wildman–Crippen MR) is 138 cm³/mol. The molecule has 2 atom stereocenters. The third-order valence-electron chi connectivity index (χ3n) is 6.56. The standard InChI is InChI=1S/C26H31FN8O3/c1-28-25(37)22(30-26(38)29-21-7-3-6-19(14-21)24-31-32-33-34(24)2)15-23(36)35-12-4-5-18(16-35)13-17-8-10-20(27)11-9-17/h3,6-11,14,18,22H,4-5,12-13,15-16H2,1-2H3,(H,28,37)(H2,29,30,38)/t18-,22-/m0/s1. The van der Waals surface area contributed by atoms with E-state index in [9.17, 15) is 18.8 Å². The van der Waals surface area contributed by atoms with Crippen molar-refractivity contribution in [1.82, 2.24) is 35.7 Å². The van der Waals surface area contributed by atoms with Crippen LogP contribution in [0.25, 0.3) is 11.4 Å². The van der Waals surface area contributed by atoms with E-state index in [0.29, 0.717) is 30.2 Å². The smallest absolute Gasteiger partial charge is 0.319 e. The summed E-state index contributed by atoms with van der Waals surface area (Å²) in [7, 11) is 3.16. The van der Waals surface area contributed by atoms with E-state index < -0.39 is 18.0 Å². The molecule has 11 nitrogen and oxygen atoms in total. The number of hydrogen-bond donors (Lipinski definition) is 3. The minimum atomic E-state index is -1.05. The highest BCUT2D eigenvalue weighted by atomic mass is 19.1. The van der Waals surface area contributed by atoms with Gasteiger partial charge in [0.25, 0.3) is 0 Å². The Morgan fingerprint density at radius 1 is 1.16 bits per heavy atom. The normalized spacial score (nSPS) is 16.0. The molecule has 4 rings (SSSR count). The van der Waals surface area contributed by atoms with E-state index in [1.807, 2.05) is 6.07 Å². The first-order valence-electron chi connectivity index (χ1n) is 12.5. The fourth-order valence-electron chi connectivity index (χ4n) is 4.63. The highest BCUT2D eigenvalue weighted by molar-refractivity contribution is 5.96. The number of nitrogens with zero attached hydrogens (tertiary/aromatic N) is 5. The van der Waals surface area contributed by atoms with E-state index in [1.54, 1.807) is 42.3 Å². The van der Waals surface area contributed by atoms with Crippen molar-refractivity contribution in [2.24, 2.45) is 13.0 Å². The van der Waals surface area contributed by atoms with Crippen molar-refractivity contribution in [3.05, 3.63) is 59.9 Å². The van der Waals surface area contributed by atoms with Gasteiger partial charge in [0.05, 0.1) is 6.42 Å². The zero-order chi connectivity index (χ0) is 27.1. The van der Waals surface area contributed by atoms with Crippen LogP contribution in [0, 0.1) is 11.7 Å². The maximum absolute atomic E-state index is 13.2. The summed E-state index contributed by atoms with van der Waals surface area (Å²) in [4.78, 5) is 40.1. The SMILES string of the molecule is CNC(=O)[C@H](CC(=O)N1CCC[C@@H](Cc2ccc(F)cc2)C1)NC(=O)Nc1cccc(-c2nnnn2C)c1. The van der Waals surface area contributed by atoms with E-state index in [0.717, 1.165) is 24.8 Å². The number of carbonyl (C=O) groups is 3. The number of likely N-dealkylation sites (tertiary alicyclic amines) is 1. The van der Waals surface area contributed by atoms with E-state index >= 15 is 0 Å². The van der Waals surface area contributed by atoms with Crippen molar-refractivity contribution in [3.63, 3.8) is 0 Å². The van der Waals surface area contributed by atoms with Crippen LogP contribution in [0.4, 0.5) is 14.9 Å². The van der Waals surface area contributed by atoms with Crippen LogP contribution in [0.5, 0.6) is 0 Å². The molecule has 0 bridgehead atoms. The van der Waals surface area contributed by atoms with Gasteiger partial charge in [0, 0.05) is 38.4 Å². The van der Waals surface area contributed by atoms with Crippen molar-refractivity contribution in [3.8, 4) is 11.4 Å². The molecule has 2 aromatic carbocycles. The average Bonchev–Trinajstić information content (AvgIpc) is 3.35. The number of benzene rings is 2. The molecule has 3 N–H and O–H groups in total. The van der Waals surface area contributed by atoms with Crippen molar-refractivity contribution < 1.29 is 18.8 Å². The summed E-state index contributed by atoms with van der Waals surface area (Å²) in [5.74, 6) is -0.181. The Morgan fingerprint density at radius 3 is 2.66 bits per heavy atom. The molecule has 3 aromatic rings. The van der Waals surface area contributed by atoms with Gasteiger partial charge in [-0.25, -0.2) is 13.9 Å². The molecule has 1 fully saturated rings. The van der Waals surface area contributed by atoms with Gasteiger partial charge < -0.3 is 20.9 Å². The van der Waals surface area contributed by atoms with Gasteiger partial charge in [-0.15, -0.1) is 5.10 Å². The molecule has 1 aromatic heterocycles. The van der Waals surface area contributed by atoms with E-state index in [4.69, 9.17) is 0 Å². The molecule has 1 aliphatic heterocycles. The zero-order valence-corrected chi connectivity index (χ0v) is 21.4. The van der Waals surface area contributed by atoms with Gasteiger partial charge in [-0.3, -0.25) is 9.59 Å². The Kier molecular flexibility index (Phi) is 8.62. The van der Waals surface area contributed by atoms with Gasteiger partial charge in [0.2, 0.25) is 11.8 Å². The Balaban J connectivity index is 1.35. The number of hydrogen-bond acceptors (Lipinski definition) is 6. The number of aromatic nitrogens is 4. The van der Waals surface area contributed by atoms with Crippen molar-refractivity contribution in [1.29, 1.82) is 0 Å². The van der Waals surface area contributed by atoms with Gasteiger partial charge in [0.1, 0.15) is 11.9 Å². The third kappa shape index (κ3) is 6.90. The number of piperidine rings is 1. The van der Waals surface area contributed by atoms with Crippen LogP contribution in [-0.4, -0.2) is 69.1 Å². The van der Waals surface area contributed by atoms with Crippen LogP contribution in [-0.2, 0) is 23.1 Å². The average molecular weight is 523 g/mol. The number of urea groups is 1. The Hall–Kier alpha value is -4.35. The predicted octanol–water partition coefficient (Wildman–Crippen LogP) is 2.12. The number of aryl methyl sites for hydroxylation is 1. The molecule has 4 amide bonds. The fraction of sp³-hybridized carbons (Fsp3) is 0.385. The van der Waals surface area contributed by atoms with Crippen LogP contribution < -0.4 is 16.0 Å². The number of halogens is 1. The molecule has 0 radical (unpaired) electrons. The lowest BCUT2D eigenvalue weighted by atomic mass is 9.91. The molecule has 12 heteroatoms. The minimum Gasteiger partial charge on any atom is -0.357 e. The second kappa shape index (κ2) is 12.3. The highest BCUT2D eigenvalue weighted by Crippen LogP contribution is 2.22. The van der Waals surface area contributed by atoms with E-state index in [1.165, 1.54) is 23.9 Å². The molecule has 1 saturated heterocycles. The highest BCUT2D eigenvalue weighted by Gasteiger charge is 2.29. The van der Waals surface area contributed by atoms with E-state index in [-0.39, 0.29) is 24.1 Å². The molecular weight excluding hydrogens is 491 g/mol. The van der Waals surface area contributed by atoms with Crippen LogP contribution in [0.1, 0.15) is 24.8 Å². The van der Waals surface area contributed by atoms with Crippen LogP contribution in [0.3, 0.4) is 0 Å². The summed E-state index contributed by atoms with van der Waals surface area (Å²) >= 11 is 0. The van der Waals surface area contributed by atoms with Crippen molar-refractivity contribution in [2.75, 3.05) is 25.5 Å². The second-order valence-corrected chi connectivity index (χ2v) is 9.35. The number of tetrazole rings is 1. The number of anilines is 1. The molecule has 2 heterocycles. The molecule has 0 spiro atoms. The van der Waals surface area contributed by atoms with Crippen molar-refractivity contribution in [2.45, 2.75) is 31.7 Å². The number of rotatable bonds is 8.